The van der Waals surface area contributed by atoms with Crippen LogP contribution in [0, 0.1) is 0 Å². The number of nitrogen functional groups attached to an aromatic ring is 1. The number of carbonyl (C=O) groups excluding carboxylic acids is 1. The van der Waals surface area contributed by atoms with Gasteiger partial charge in [0, 0.05) is 13.6 Å². The summed E-state index contributed by atoms with van der Waals surface area (Å²) in [5.74, 6) is -0.0121. The fourth-order valence-corrected chi connectivity index (χ4v) is 2.23. The summed E-state index contributed by atoms with van der Waals surface area (Å²) in [4.78, 5) is 13.8. The van der Waals surface area contributed by atoms with E-state index in [-0.39, 0.29) is 24.6 Å². The average Bonchev–Trinajstić information content (AvgIpc) is 3.20. The maximum Gasteiger partial charge on any atom is 0.244 e. The van der Waals surface area contributed by atoms with Gasteiger partial charge in [-0.2, -0.15) is 11.1 Å². The van der Waals surface area contributed by atoms with Crippen LogP contribution >= 0.6 is 0 Å². The van der Waals surface area contributed by atoms with Crippen LogP contribution in [0.25, 0.3) is 0 Å². The molecule has 1 saturated heterocycles. The molecule has 1 fully saturated rings. The zero-order chi connectivity index (χ0) is 16.2. The Morgan fingerprint density at radius 2 is 2.17 bits per heavy atom. The number of amides is 1. The third-order valence-electron chi connectivity index (χ3n) is 3.47. The van der Waals surface area contributed by atoms with Crippen LogP contribution in [-0.2, 0) is 17.9 Å². The Hall–Kier alpha value is -2.60. The molecule has 1 aromatic heterocycles. The van der Waals surface area contributed by atoms with Crippen molar-refractivity contribution < 1.29 is 4.79 Å². The smallest absolute Gasteiger partial charge is 0.244 e. The minimum atomic E-state index is -0.130. The van der Waals surface area contributed by atoms with E-state index in [4.69, 9.17) is 5.73 Å². The van der Waals surface area contributed by atoms with Crippen molar-refractivity contribution in [1.29, 1.82) is 0 Å². The van der Waals surface area contributed by atoms with Crippen molar-refractivity contribution >= 4 is 11.9 Å². The Kier molecular flexibility index (Phi) is 4.43. The SMILES string of the molecule is CN(Cc1cccc(C2NNNN2)c1)C(=O)Cn1nnnc1N. The number of carbonyl (C=O) groups is 1. The Balaban J connectivity index is 1.63. The zero-order valence-electron chi connectivity index (χ0n) is 12.5. The fraction of sp³-hybridized carbons (Fsp3) is 0.333. The standard InChI is InChI=1S/C12H18N10O/c1-21(10(23)7-22-12(13)16-19-20-22)6-8-3-2-4-9(5-8)11-14-17-18-15-11/h2-5,11,14-15,17-18H,6-7H2,1H3,(H2,13,16,20). The largest absolute Gasteiger partial charge is 0.367 e. The monoisotopic (exact) mass is 318 g/mol. The highest BCUT2D eigenvalue weighted by Crippen LogP contribution is 2.14. The minimum absolute atomic E-state index is 0.00853. The Morgan fingerprint density at radius 3 is 2.87 bits per heavy atom. The van der Waals surface area contributed by atoms with Crippen molar-refractivity contribution in [2.45, 2.75) is 19.3 Å². The minimum Gasteiger partial charge on any atom is -0.367 e. The molecule has 122 valence electrons. The van der Waals surface area contributed by atoms with E-state index in [0.717, 1.165) is 11.1 Å². The van der Waals surface area contributed by atoms with Crippen LogP contribution in [0.15, 0.2) is 24.3 Å². The number of hydrazine groups is 3. The van der Waals surface area contributed by atoms with Crippen molar-refractivity contribution in [1.82, 2.24) is 47.0 Å². The first-order chi connectivity index (χ1) is 11.1. The summed E-state index contributed by atoms with van der Waals surface area (Å²) in [5, 5.41) is 10.6. The fourth-order valence-electron chi connectivity index (χ4n) is 2.23. The van der Waals surface area contributed by atoms with Crippen LogP contribution in [0.4, 0.5) is 5.95 Å². The molecule has 11 heteroatoms. The number of nitrogens with one attached hydrogen (secondary N) is 4. The Morgan fingerprint density at radius 1 is 1.39 bits per heavy atom. The van der Waals surface area contributed by atoms with Gasteiger partial charge in [0.2, 0.25) is 11.9 Å². The molecule has 1 aliphatic rings. The van der Waals surface area contributed by atoms with Gasteiger partial charge in [0.1, 0.15) is 12.7 Å². The van der Waals surface area contributed by atoms with Gasteiger partial charge in [-0.25, -0.2) is 15.5 Å². The zero-order valence-corrected chi connectivity index (χ0v) is 12.5. The van der Waals surface area contributed by atoms with E-state index in [1.54, 1.807) is 11.9 Å². The molecular formula is C12H18N10O. The molecule has 1 aromatic carbocycles. The Labute approximate surface area is 132 Å². The summed E-state index contributed by atoms with van der Waals surface area (Å²) in [6.45, 7) is 0.483. The third kappa shape index (κ3) is 3.60. The van der Waals surface area contributed by atoms with E-state index < -0.39 is 0 Å². The highest BCUT2D eigenvalue weighted by Gasteiger charge is 2.16. The summed E-state index contributed by atoms with van der Waals surface area (Å²) in [5.41, 5.74) is 19.2. The molecule has 2 heterocycles. The van der Waals surface area contributed by atoms with E-state index in [9.17, 15) is 4.79 Å². The number of anilines is 1. The lowest BCUT2D eigenvalue weighted by Gasteiger charge is -2.18. The maximum atomic E-state index is 12.2. The number of nitrogens with two attached hydrogens (primary N) is 1. The lowest BCUT2D eigenvalue weighted by Crippen LogP contribution is -2.33. The molecular weight excluding hydrogens is 300 g/mol. The number of hydrogen-bond donors (Lipinski definition) is 5. The van der Waals surface area contributed by atoms with Gasteiger partial charge in [-0.3, -0.25) is 4.79 Å². The predicted octanol–water partition coefficient (Wildman–Crippen LogP) is -1.97. The number of nitrogens with zero attached hydrogens (tertiary/aromatic N) is 5. The molecule has 0 saturated carbocycles. The van der Waals surface area contributed by atoms with Gasteiger partial charge < -0.3 is 10.6 Å². The van der Waals surface area contributed by atoms with Crippen LogP contribution in [0.3, 0.4) is 0 Å². The number of likely N-dealkylation sites (N-methyl/N-ethyl adjacent to an activating group) is 1. The van der Waals surface area contributed by atoms with Crippen LogP contribution in [0.5, 0.6) is 0 Å². The molecule has 0 unspecified atom stereocenters. The molecule has 1 aliphatic heterocycles. The molecule has 0 bridgehead atoms. The number of tetrazole rings is 1. The van der Waals surface area contributed by atoms with Crippen molar-refractivity contribution in [2.75, 3.05) is 12.8 Å². The molecule has 0 aliphatic carbocycles. The van der Waals surface area contributed by atoms with Crippen molar-refractivity contribution in [2.24, 2.45) is 0 Å². The summed E-state index contributed by atoms with van der Waals surface area (Å²) in [6, 6.07) is 7.93. The average molecular weight is 318 g/mol. The molecule has 0 radical (unpaired) electrons. The quantitative estimate of drug-likeness (QED) is 0.425. The molecule has 2 aromatic rings. The highest BCUT2D eigenvalue weighted by atomic mass is 16.2. The van der Waals surface area contributed by atoms with Gasteiger partial charge in [-0.15, -0.1) is 0 Å². The molecule has 0 atom stereocenters. The molecule has 0 spiro atoms. The van der Waals surface area contributed by atoms with E-state index >= 15 is 0 Å². The van der Waals surface area contributed by atoms with Gasteiger partial charge in [0.05, 0.1) is 0 Å². The second-order valence-corrected chi connectivity index (χ2v) is 5.16. The first-order valence-electron chi connectivity index (χ1n) is 6.99. The molecule has 3 rings (SSSR count). The summed E-state index contributed by atoms with van der Waals surface area (Å²) >= 11 is 0. The lowest BCUT2D eigenvalue weighted by molar-refractivity contribution is -0.131. The number of aromatic nitrogens is 4. The van der Waals surface area contributed by atoms with Crippen molar-refractivity contribution in [3.63, 3.8) is 0 Å². The van der Waals surface area contributed by atoms with Crippen LogP contribution in [0.2, 0.25) is 0 Å². The predicted molar refractivity (Wildman–Crippen MR) is 80.4 cm³/mol. The van der Waals surface area contributed by atoms with E-state index in [1.165, 1.54) is 4.68 Å². The number of benzene rings is 1. The molecule has 1 amide bonds. The van der Waals surface area contributed by atoms with Gasteiger partial charge in [-0.05, 0) is 21.6 Å². The van der Waals surface area contributed by atoms with E-state index in [2.05, 4.69) is 37.4 Å². The maximum absolute atomic E-state index is 12.2. The topological polar surface area (TPSA) is 138 Å². The van der Waals surface area contributed by atoms with Gasteiger partial charge in [0.15, 0.2) is 0 Å². The summed E-state index contributed by atoms with van der Waals surface area (Å²) in [6.07, 6.45) is -0.0445. The number of rotatable bonds is 5. The lowest BCUT2D eigenvalue weighted by atomic mass is 10.1. The van der Waals surface area contributed by atoms with Crippen molar-refractivity contribution in [3.05, 3.63) is 35.4 Å². The van der Waals surface area contributed by atoms with Crippen LogP contribution in [0.1, 0.15) is 17.3 Å². The van der Waals surface area contributed by atoms with E-state index in [1.807, 2.05) is 24.3 Å². The van der Waals surface area contributed by atoms with Gasteiger partial charge in [-0.1, -0.05) is 29.4 Å². The third-order valence-corrected chi connectivity index (χ3v) is 3.47. The normalized spacial score (nSPS) is 15.0. The van der Waals surface area contributed by atoms with Gasteiger partial charge >= 0.3 is 0 Å². The Bertz CT molecular complexity index is 680. The summed E-state index contributed by atoms with van der Waals surface area (Å²) in [7, 11) is 1.73. The first kappa shape index (κ1) is 15.3. The first-order valence-corrected chi connectivity index (χ1v) is 6.99. The highest BCUT2D eigenvalue weighted by molar-refractivity contribution is 5.75. The number of hydrogen-bond acceptors (Lipinski definition) is 9. The van der Waals surface area contributed by atoms with Crippen LogP contribution in [-0.4, -0.2) is 38.1 Å². The molecule has 6 N–H and O–H groups in total. The van der Waals surface area contributed by atoms with Gasteiger partial charge in [0.25, 0.3) is 0 Å². The molecule has 11 nitrogen and oxygen atoms in total. The second-order valence-electron chi connectivity index (χ2n) is 5.16. The van der Waals surface area contributed by atoms with Crippen LogP contribution < -0.4 is 27.7 Å². The second kappa shape index (κ2) is 6.66. The molecule has 23 heavy (non-hydrogen) atoms. The van der Waals surface area contributed by atoms with E-state index in [0.29, 0.717) is 6.54 Å². The van der Waals surface area contributed by atoms with Crippen molar-refractivity contribution in [3.8, 4) is 0 Å². The summed E-state index contributed by atoms with van der Waals surface area (Å²) < 4.78 is 1.26.